The van der Waals surface area contributed by atoms with Gasteiger partial charge in [0.05, 0.1) is 17.6 Å². The summed E-state index contributed by atoms with van der Waals surface area (Å²) in [4.78, 5) is 4.25. The molecule has 0 fully saturated rings. The van der Waals surface area contributed by atoms with Crippen LogP contribution in [0.1, 0.15) is 5.69 Å². The molecule has 0 bridgehead atoms. The first-order valence-electron chi connectivity index (χ1n) is 6.82. The SMILES string of the molecule is [Cl][Pd+].[c-]1ccccc1N(/N=C/c1ccccn1)c1ccccc1. The summed E-state index contributed by atoms with van der Waals surface area (Å²) in [6.45, 7) is 0. The number of aromatic nitrogens is 1. The van der Waals surface area contributed by atoms with Gasteiger partial charge in [0.2, 0.25) is 0 Å². The Hall–Kier alpha value is -1.99. The normalized spacial score (nSPS) is 10.0. The van der Waals surface area contributed by atoms with E-state index >= 15 is 0 Å². The van der Waals surface area contributed by atoms with E-state index in [1.54, 1.807) is 12.4 Å². The fourth-order valence-electron chi connectivity index (χ4n) is 1.92. The van der Waals surface area contributed by atoms with Gasteiger partial charge in [0.1, 0.15) is 0 Å². The van der Waals surface area contributed by atoms with E-state index in [0.717, 1.165) is 17.1 Å². The molecule has 1 aromatic heterocycles. The largest absolute Gasteiger partial charge is 0.258 e. The summed E-state index contributed by atoms with van der Waals surface area (Å²) in [5, 5.41) is 6.39. The van der Waals surface area contributed by atoms with Crippen LogP contribution in [0.3, 0.4) is 0 Å². The van der Waals surface area contributed by atoms with Crippen LogP contribution in [0.15, 0.2) is 84.1 Å². The average Bonchev–Trinajstić information content (AvgIpc) is 2.66. The molecule has 3 rings (SSSR count). The van der Waals surface area contributed by atoms with Crippen LogP contribution in [0.2, 0.25) is 0 Å². The second-order valence-electron chi connectivity index (χ2n) is 4.39. The minimum atomic E-state index is 0.814. The van der Waals surface area contributed by atoms with Crippen molar-refractivity contribution in [3.8, 4) is 0 Å². The molecule has 5 heteroatoms. The van der Waals surface area contributed by atoms with Crippen LogP contribution in [0.5, 0.6) is 0 Å². The van der Waals surface area contributed by atoms with E-state index in [1.165, 1.54) is 0 Å². The minimum Gasteiger partial charge on any atom is -0.258 e. The van der Waals surface area contributed by atoms with Gasteiger partial charge >= 0.3 is 27.7 Å². The van der Waals surface area contributed by atoms with Crippen molar-refractivity contribution in [2.24, 2.45) is 5.10 Å². The first-order chi connectivity index (χ1) is 11.4. The molecule has 1 heterocycles. The molecule has 2 aromatic carbocycles. The third-order valence-corrected chi connectivity index (χ3v) is 2.91. The van der Waals surface area contributed by atoms with Gasteiger partial charge in [-0.1, -0.05) is 24.3 Å². The van der Waals surface area contributed by atoms with Crippen LogP contribution >= 0.6 is 9.53 Å². The van der Waals surface area contributed by atoms with Crippen molar-refractivity contribution in [2.75, 3.05) is 5.01 Å². The monoisotopic (exact) mass is 413 g/mol. The molecule has 23 heavy (non-hydrogen) atoms. The summed E-state index contributed by atoms with van der Waals surface area (Å²) in [6, 6.07) is 26.7. The zero-order valence-electron chi connectivity index (χ0n) is 12.1. The number of pyridine rings is 1. The number of anilines is 2. The van der Waals surface area contributed by atoms with E-state index in [4.69, 9.17) is 0 Å². The van der Waals surface area contributed by atoms with Crippen LogP contribution in [-0.2, 0) is 18.2 Å². The topological polar surface area (TPSA) is 28.5 Å². The summed E-state index contributed by atoms with van der Waals surface area (Å²) >= 11 is 2.22. The maximum absolute atomic E-state index is 4.55. The number of rotatable bonds is 4. The minimum absolute atomic E-state index is 0.814. The number of para-hydroxylation sites is 2. The maximum atomic E-state index is 4.55. The van der Waals surface area contributed by atoms with Crippen molar-refractivity contribution < 1.29 is 18.2 Å². The Morgan fingerprint density at radius 1 is 0.957 bits per heavy atom. The molecule has 0 saturated heterocycles. The molecule has 0 atom stereocenters. The Morgan fingerprint density at radius 2 is 1.70 bits per heavy atom. The van der Waals surface area contributed by atoms with Crippen molar-refractivity contribution >= 4 is 27.1 Å². The predicted molar refractivity (Wildman–Crippen MR) is 91.5 cm³/mol. The first kappa shape index (κ1) is 17.4. The van der Waals surface area contributed by atoms with E-state index < -0.39 is 0 Å². The molecule has 118 valence electrons. The van der Waals surface area contributed by atoms with E-state index in [1.807, 2.05) is 77.8 Å². The van der Waals surface area contributed by atoms with Crippen molar-refractivity contribution in [3.63, 3.8) is 0 Å². The van der Waals surface area contributed by atoms with Crippen LogP contribution < -0.4 is 5.01 Å². The van der Waals surface area contributed by atoms with Crippen molar-refractivity contribution in [1.29, 1.82) is 0 Å². The molecular formula is C18H14ClN3Pd. The summed E-state index contributed by atoms with van der Waals surface area (Å²) < 4.78 is 0. The molecule has 3 aromatic rings. The third-order valence-electron chi connectivity index (χ3n) is 2.91. The standard InChI is InChI=1S/C18H14N3.ClH.Pd/c1-3-10-17(11-4-1)21(18-12-5-2-6-13-18)20-15-16-9-7-8-14-19-16;;/h1-12,14-15H;1H;/q-1;;+2/p-1/b20-15+;;. The van der Waals surface area contributed by atoms with E-state index in [-0.39, 0.29) is 0 Å². The molecule has 0 unspecified atom stereocenters. The molecular weight excluding hydrogens is 400 g/mol. The molecule has 0 aliphatic heterocycles. The number of hydrogen-bond donors (Lipinski definition) is 0. The third kappa shape index (κ3) is 5.30. The van der Waals surface area contributed by atoms with Crippen molar-refractivity contribution in [3.05, 3.63) is 90.8 Å². The second-order valence-corrected chi connectivity index (χ2v) is 4.39. The smallest absolute Gasteiger partial charge is 0.0830 e. The van der Waals surface area contributed by atoms with Crippen LogP contribution in [-0.4, -0.2) is 11.2 Å². The molecule has 0 radical (unpaired) electrons. The fraction of sp³-hybridized carbons (Fsp3) is 0. The Labute approximate surface area is 151 Å². The van der Waals surface area contributed by atoms with Gasteiger partial charge in [0.15, 0.2) is 0 Å². The molecule has 0 saturated carbocycles. The molecule has 0 amide bonds. The van der Waals surface area contributed by atoms with Crippen LogP contribution in [0.4, 0.5) is 11.4 Å². The van der Waals surface area contributed by atoms with Gasteiger partial charge in [-0.05, 0) is 30.0 Å². The van der Waals surface area contributed by atoms with Crippen molar-refractivity contribution in [1.82, 2.24) is 4.98 Å². The zero-order chi connectivity index (χ0) is 16.3. The number of hydrogen-bond acceptors (Lipinski definition) is 3. The molecule has 3 nitrogen and oxygen atoms in total. The van der Waals surface area contributed by atoms with Gasteiger partial charge in [-0.25, -0.2) is 0 Å². The number of hydrazone groups is 1. The number of halogens is 1. The zero-order valence-corrected chi connectivity index (χ0v) is 14.4. The van der Waals surface area contributed by atoms with Gasteiger partial charge in [0.25, 0.3) is 0 Å². The van der Waals surface area contributed by atoms with Gasteiger partial charge in [-0.2, -0.15) is 29.4 Å². The van der Waals surface area contributed by atoms with Gasteiger partial charge in [-0.3, -0.25) is 9.99 Å². The molecule has 0 spiro atoms. The Bertz CT molecular complexity index is 667. The maximum Gasteiger partial charge on any atom is 0.0830 e. The Kier molecular flexibility index (Phi) is 7.49. The Balaban J connectivity index is 0.000000924. The van der Waals surface area contributed by atoms with Gasteiger partial charge < -0.3 is 0 Å². The summed E-state index contributed by atoms with van der Waals surface area (Å²) in [6.07, 6.45) is 3.50. The fourth-order valence-corrected chi connectivity index (χ4v) is 1.92. The molecule has 0 aliphatic rings. The first-order valence-corrected chi connectivity index (χ1v) is 8.82. The van der Waals surface area contributed by atoms with E-state index in [9.17, 15) is 0 Å². The number of benzene rings is 2. The van der Waals surface area contributed by atoms with Crippen LogP contribution in [0.25, 0.3) is 0 Å². The summed E-state index contributed by atoms with van der Waals surface area (Å²) in [7, 11) is 4.49. The predicted octanol–water partition coefficient (Wildman–Crippen LogP) is 4.74. The van der Waals surface area contributed by atoms with Crippen molar-refractivity contribution in [2.45, 2.75) is 0 Å². The van der Waals surface area contributed by atoms with E-state index in [0.29, 0.717) is 0 Å². The number of nitrogens with zero attached hydrogens (tertiary/aromatic N) is 3. The average molecular weight is 414 g/mol. The molecule has 0 N–H and O–H groups in total. The summed E-state index contributed by atoms with van der Waals surface area (Å²) in [5.74, 6) is 0. The summed E-state index contributed by atoms with van der Waals surface area (Å²) in [5.41, 5.74) is 2.68. The molecule has 0 aliphatic carbocycles. The van der Waals surface area contributed by atoms with Gasteiger partial charge in [-0.15, -0.1) is 6.07 Å². The second kappa shape index (κ2) is 9.91. The Morgan fingerprint density at radius 3 is 2.35 bits per heavy atom. The van der Waals surface area contributed by atoms with E-state index in [2.05, 4.69) is 43.9 Å². The van der Waals surface area contributed by atoms with Crippen LogP contribution in [0, 0.1) is 6.07 Å². The van der Waals surface area contributed by atoms with Gasteiger partial charge in [0, 0.05) is 6.20 Å². The quantitative estimate of drug-likeness (QED) is 0.267.